The Hall–Kier alpha value is -1.14. The van der Waals surface area contributed by atoms with E-state index < -0.39 is 49.3 Å². The Labute approximate surface area is 114 Å². The maximum absolute atomic E-state index is 14.2. The number of aromatic nitrogens is 1. The normalized spacial score (nSPS) is 25.8. The van der Waals surface area contributed by atoms with Crippen molar-refractivity contribution in [3.05, 3.63) is 18.0 Å². The van der Waals surface area contributed by atoms with Crippen molar-refractivity contribution >= 4 is 12.6 Å². The summed E-state index contributed by atoms with van der Waals surface area (Å²) < 4.78 is 66.6. The Morgan fingerprint density at radius 3 is 2.56 bits per heavy atom. The minimum Gasteiger partial charge on any atom is -0.479 e. The number of hydrogen-bond acceptors (Lipinski definition) is 4. The molecule has 1 aromatic heterocycles. The highest BCUT2D eigenvalue weighted by molar-refractivity contribution is 6.62. The number of ether oxygens (including phenoxy) is 1. The fourth-order valence-electron chi connectivity index (χ4n) is 1.50. The third-order valence-corrected chi connectivity index (χ3v) is 3.30. The van der Waals surface area contributed by atoms with Crippen molar-refractivity contribution in [3.63, 3.8) is 0 Å². The van der Waals surface area contributed by atoms with E-state index in [4.69, 9.17) is 16.2 Å². The first-order valence-corrected chi connectivity index (χ1v) is 5.46. The quantitative estimate of drug-likeness (QED) is 0.754. The summed E-state index contributed by atoms with van der Waals surface area (Å²) in [4.78, 5) is 3.49. The Morgan fingerprint density at radius 2 is 2.00 bits per heavy atom. The summed E-state index contributed by atoms with van der Waals surface area (Å²) in [6, 6.07) is -0.734. The molecular formula is C12H17BFNO3. The van der Waals surface area contributed by atoms with Gasteiger partial charge in [-0.25, -0.2) is 9.37 Å². The van der Waals surface area contributed by atoms with Crippen molar-refractivity contribution in [2.75, 3.05) is 7.04 Å². The summed E-state index contributed by atoms with van der Waals surface area (Å²) in [5.41, 5.74) is -1.68. The lowest BCUT2D eigenvalue weighted by atomic mass is 9.80. The molecule has 1 fully saturated rings. The van der Waals surface area contributed by atoms with Crippen molar-refractivity contribution in [2.45, 2.75) is 38.9 Å². The molecule has 2 heterocycles. The van der Waals surface area contributed by atoms with E-state index in [0.717, 1.165) is 0 Å². The van der Waals surface area contributed by atoms with Gasteiger partial charge in [-0.15, -0.1) is 0 Å². The molecular weight excluding hydrogens is 236 g/mol. The fraction of sp³-hybridized carbons (Fsp3) is 0.583. The number of methoxy groups -OCH3 is 1. The number of halogens is 1. The molecule has 0 unspecified atom stereocenters. The lowest BCUT2D eigenvalue weighted by Gasteiger charge is -2.32. The second-order valence-corrected chi connectivity index (χ2v) is 5.07. The zero-order valence-corrected chi connectivity index (χ0v) is 10.6. The molecule has 0 N–H and O–H groups in total. The summed E-state index contributed by atoms with van der Waals surface area (Å²) in [6.45, 7) is 7.10. The summed E-state index contributed by atoms with van der Waals surface area (Å²) in [7, 11) is -4.08. The topological polar surface area (TPSA) is 40.6 Å². The van der Waals surface area contributed by atoms with Crippen molar-refractivity contribution < 1.29 is 25.3 Å². The van der Waals surface area contributed by atoms with Gasteiger partial charge in [0.05, 0.1) is 25.1 Å². The molecule has 98 valence electrons. The zero-order valence-electron chi connectivity index (χ0n) is 15.6. The molecule has 0 aromatic carbocycles. The molecule has 0 aliphatic carbocycles. The third-order valence-electron chi connectivity index (χ3n) is 3.30. The van der Waals surface area contributed by atoms with Crippen molar-refractivity contribution in [2.24, 2.45) is 0 Å². The molecule has 18 heavy (non-hydrogen) atoms. The molecule has 1 aromatic rings. The minimum absolute atomic E-state index is 0.209. The Morgan fingerprint density at radius 1 is 1.39 bits per heavy atom. The highest BCUT2D eigenvalue weighted by Crippen LogP contribution is 2.36. The van der Waals surface area contributed by atoms with E-state index in [1.165, 1.54) is 0 Å². The van der Waals surface area contributed by atoms with Crippen LogP contribution in [0.1, 0.15) is 34.5 Å². The molecule has 0 radical (unpaired) electrons. The van der Waals surface area contributed by atoms with Gasteiger partial charge in [0.25, 0.3) is 0 Å². The first-order chi connectivity index (χ1) is 10.3. The molecule has 0 bridgehead atoms. The van der Waals surface area contributed by atoms with Crippen LogP contribution in [0.2, 0.25) is 0 Å². The van der Waals surface area contributed by atoms with E-state index in [1.807, 2.05) is 0 Å². The Kier molecular flexibility index (Phi) is 1.90. The summed E-state index contributed by atoms with van der Waals surface area (Å²) in [5, 5.41) is 0. The second-order valence-electron chi connectivity index (χ2n) is 5.07. The SMILES string of the molecule is [2H]c1nc(OC([2H])([2H])[2H])c(F)c([2H])c1B1OC(C)(C)C(C)(C)O1. The largest absolute Gasteiger partial charge is 0.496 e. The van der Waals surface area contributed by atoms with Crippen molar-refractivity contribution in [1.82, 2.24) is 4.98 Å². The van der Waals surface area contributed by atoms with Crippen molar-refractivity contribution in [1.29, 1.82) is 0 Å². The summed E-state index contributed by atoms with van der Waals surface area (Å²) in [5.74, 6) is -2.19. The summed E-state index contributed by atoms with van der Waals surface area (Å²) in [6.07, 6.45) is -0.533. The van der Waals surface area contributed by atoms with Crippen LogP contribution in [0.5, 0.6) is 5.88 Å². The summed E-state index contributed by atoms with van der Waals surface area (Å²) >= 11 is 0. The maximum Gasteiger partial charge on any atom is 0.496 e. The van der Waals surface area contributed by atoms with Gasteiger partial charge < -0.3 is 14.0 Å². The highest BCUT2D eigenvalue weighted by atomic mass is 19.1. The number of hydrogen-bond donors (Lipinski definition) is 0. The molecule has 1 aliphatic rings. The van der Waals surface area contributed by atoms with Gasteiger partial charge in [0.2, 0.25) is 5.88 Å². The number of nitrogens with zero attached hydrogens (tertiary/aromatic N) is 1. The average molecular weight is 258 g/mol. The van der Waals surface area contributed by atoms with Crippen LogP contribution in [0.25, 0.3) is 0 Å². The van der Waals surface area contributed by atoms with Gasteiger partial charge >= 0.3 is 7.12 Å². The lowest BCUT2D eigenvalue weighted by Crippen LogP contribution is -2.41. The highest BCUT2D eigenvalue weighted by Gasteiger charge is 2.51. The monoisotopic (exact) mass is 258 g/mol. The Bertz CT molecular complexity index is 622. The predicted molar refractivity (Wildman–Crippen MR) is 66.5 cm³/mol. The first-order valence-electron chi connectivity index (χ1n) is 7.96. The lowest BCUT2D eigenvalue weighted by molar-refractivity contribution is 0.00578. The van der Waals surface area contributed by atoms with E-state index in [2.05, 4.69) is 9.72 Å². The molecule has 4 nitrogen and oxygen atoms in total. The van der Waals surface area contributed by atoms with E-state index >= 15 is 0 Å². The van der Waals surface area contributed by atoms with Crippen LogP contribution in [-0.2, 0) is 9.31 Å². The minimum atomic E-state index is -2.93. The second kappa shape index (κ2) is 4.21. The average Bonchev–Trinajstić information content (AvgIpc) is 2.53. The maximum atomic E-state index is 14.2. The van der Waals surface area contributed by atoms with Crippen LogP contribution < -0.4 is 10.2 Å². The molecule has 2 rings (SSSR count). The fourth-order valence-corrected chi connectivity index (χ4v) is 1.50. The van der Waals surface area contributed by atoms with Gasteiger partial charge in [-0.3, -0.25) is 0 Å². The number of rotatable bonds is 2. The van der Waals surface area contributed by atoms with Crippen molar-refractivity contribution in [3.8, 4) is 5.88 Å². The van der Waals surface area contributed by atoms with E-state index in [9.17, 15) is 4.39 Å². The molecule has 0 amide bonds. The Balaban J connectivity index is 2.45. The van der Waals surface area contributed by atoms with Crippen LogP contribution in [0.4, 0.5) is 4.39 Å². The van der Waals surface area contributed by atoms with Gasteiger partial charge in [-0.2, -0.15) is 0 Å². The third kappa shape index (κ3) is 2.10. The molecule has 1 aliphatic heterocycles. The molecule has 6 heteroatoms. The zero-order chi connectivity index (χ0) is 17.8. The molecule has 0 spiro atoms. The molecule has 0 saturated carbocycles. The van der Waals surface area contributed by atoms with Crippen LogP contribution in [0, 0.1) is 5.82 Å². The van der Waals surface area contributed by atoms with Crippen LogP contribution >= 0.6 is 0 Å². The van der Waals surface area contributed by atoms with E-state index in [1.54, 1.807) is 27.7 Å². The van der Waals surface area contributed by atoms with Crippen LogP contribution in [0.15, 0.2) is 12.2 Å². The molecule has 0 atom stereocenters. The number of pyridine rings is 1. The smallest absolute Gasteiger partial charge is 0.479 e. The van der Waals surface area contributed by atoms with E-state index in [0.29, 0.717) is 0 Å². The van der Waals surface area contributed by atoms with Crippen LogP contribution in [-0.4, -0.2) is 30.3 Å². The van der Waals surface area contributed by atoms with Gasteiger partial charge in [-0.05, 0) is 33.7 Å². The molecule has 1 saturated heterocycles. The van der Waals surface area contributed by atoms with Gasteiger partial charge in [0, 0.05) is 11.6 Å². The first kappa shape index (κ1) is 8.12. The van der Waals surface area contributed by atoms with E-state index in [-0.39, 0.29) is 5.46 Å². The predicted octanol–water partition coefficient (Wildman–Crippen LogP) is 1.53. The van der Waals surface area contributed by atoms with Crippen LogP contribution in [0.3, 0.4) is 0 Å². The van der Waals surface area contributed by atoms with Gasteiger partial charge in [-0.1, -0.05) is 0 Å². The van der Waals surface area contributed by atoms with Gasteiger partial charge in [0.15, 0.2) is 5.82 Å². The van der Waals surface area contributed by atoms with Gasteiger partial charge in [0.1, 0.15) is 0 Å². The standard InChI is InChI=1S/C12H17BFNO3/c1-11(2)12(3,4)18-13(17-11)8-6-9(14)10(16-5)15-7-8/h6-7H,1-5H3/i5D3,6D,7D.